The van der Waals surface area contributed by atoms with E-state index in [9.17, 15) is 8.42 Å². The monoisotopic (exact) mass is 494 g/mol. The van der Waals surface area contributed by atoms with Gasteiger partial charge in [0.2, 0.25) is 0 Å². The van der Waals surface area contributed by atoms with Crippen molar-refractivity contribution in [2.24, 2.45) is 5.10 Å². The molecule has 0 saturated carbocycles. The highest BCUT2D eigenvalue weighted by Crippen LogP contribution is 2.35. The molecule has 35 heavy (non-hydrogen) atoms. The van der Waals surface area contributed by atoms with Gasteiger partial charge in [0.1, 0.15) is 0 Å². The van der Waals surface area contributed by atoms with Crippen LogP contribution in [0.15, 0.2) is 81.4 Å². The number of morpholine rings is 1. The minimum absolute atomic E-state index is 0.194. The molecule has 0 atom stereocenters. The summed E-state index contributed by atoms with van der Waals surface area (Å²) in [5.41, 5.74) is 5.81. The molecule has 0 amide bonds. The average molecular weight is 495 g/mol. The fourth-order valence-corrected chi connectivity index (χ4v) is 5.38. The lowest BCUT2D eigenvalue weighted by molar-refractivity contribution is 0.0548. The average Bonchev–Trinajstić information content (AvgIpc) is 3.28. The molecule has 0 radical (unpaired) electrons. The first kappa shape index (κ1) is 25.0. The lowest BCUT2D eigenvalue weighted by Crippen LogP contribution is -2.36. The van der Waals surface area contributed by atoms with Gasteiger partial charge in [0, 0.05) is 37.6 Å². The largest absolute Gasteiger partial charge is 0.378 e. The second-order valence-electron chi connectivity index (χ2n) is 8.57. The first-order valence-corrected chi connectivity index (χ1v) is 13.7. The van der Waals surface area contributed by atoms with Gasteiger partial charge in [-0.3, -0.25) is 0 Å². The molecule has 2 aromatic rings. The van der Waals surface area contributed by atoms with E-state index in [2.05, 4.69) is 63.9 Å². The number of hydrazone groups is 1. The molecule has 1 aliphatic carbocycles. The molecule has 2 aromatic carbocycles. The summed E-state index contributed by atoms with van der Waals surface area (Å²) in [4.78, 5) is 7.22. The maximum absolute atomic E-state index is 12.5. The van der Waals surface area contributed by atoms with E-state index in [1.54, 1.807) is 36.5 Å². The number of hydrogen-bond acceptors (Lipinski definition) is 6. The number of anilines is 1. The molecule has 1 aliphatic heterocycles. The van der Waals surface area contributed by atoms with Gasteiger partial charge in [-0.2, -0.15) is 13.5 Å². The third-order valence-corrected chi connectivity index (χ3v) is 7.65. The van der Waals surface area contributed by atoms with Crippen molar-refractivity contribution in [3.8, 4) is 0 Å². The van der Waals surface area contributed by atoms with Crippen LogP contribution in [0.2, 0.25) is 0 Å². The summed E-state index contributed by atoms with van der Waals surface area (Å²) in [6.45, 7) is 9.28. The van der Waals surface area contributed by atoms with E-state index in [4.69, 9.17) is 4.74 Å². The summed E-state index contributed by atoms with van der Waals surface area (Å²) in [5.74, 6) is 0. The van der Waals surface area contributed by atoms with Crippen molar-refractivity contribution in [2.45, 2.75) is 31.6 Å². The Kier molecular flexibility index (Phi) is 8.25. The van der Waals surface area contributed by atoms with Gasteiger partial charge in [0.05, 0.1) is 24.3 Å². The molecule has 186 valence electrons. The zero-order valence-corrected chi connectivity index (χ0v) is 21.3. The number of sulfonamides is 1. The number of nitrogens with zero attached hydrogens (tertiary/aromatic N) is 3. The summed E-state index contributed by atoms with van der Waals surface area (Å²) >= 11 is 0. The van der Waals surface area contributed by atoms with Crippen LogP contribution in [0.1, 0.15) is 32.3 Å². The molecule has 1 saturated heterocycles. The van der Waals surface area contributed by atoms with Crippen molar-refractivity contribution >= 4 is 28.0 Å². The van der Waals surface area contributed by atoms with Crippen molar-refractivity contribution in [2.75, 3.05) is 44.3 Å². The van der Waals surface area contributed by atoms with Crippen molar-refractivity contribution in [3.05, 3.63) is 77.0 Å². The van der Waals surface area contributed by atoms with Crippen LogP contribution in [0.5, 0.6) is 0 Å². The lowest BCUT2D eigenvalue weighted by Gasteiger charge is -2.31. The fraction of sp³-hybridized carbons (Fsp3) is 0.370. The smallest absolute Gasteiger partial charge is 0.276 e. The Labute approximate surface area is 208 Å². The van der Waals surface area contributed by atoms with Crippen LogP contribution in [0.25, 0.3) is 6.08 Å². The molecule has 0 bridgehead atoms. The van der Waals surface area contributed by atoms with Gasteiger partial charge in [-0.1, -0.05) is 30.3 Å². The van der Waals surface area contributed by atoms with Crippen molar-refractivity contribution in [1.82, 2.24) is 9.73 Å². The van der Waals surface area contributed by atoms with Crippen molar-refractivity contribution in [1.29, 1.82) is 0 Å². The normalized spacial score (nSPS) is 18.0. The van der Waals surface area contributed by atoms with Gasteiger partial charge in [-0.15, -0.1) is 0 Å². The Bertz CT molecular complexity index is 1180. The zero-order valence-electron chi connectivity index (χ0n) is 20.5. The minimum atomic E-state index is -3.69. The Morgan fingerprint density at radius 1 is 1.00 bits per heavy atom. The van der Waals surface area contributed by atoms with Gasteiger partial charge in [0.25, 0.3) is 10.0 Å². The Hall–Kier alpha value is -3.10. The topological polar surface area (TPSA) is 74.2 Å². The summed E-state index contributed by atoms with van der Waals surface area (Å²) < 4.78 is 30.6. The van der Waals surface area contributed by atoms with E-state index < -0.39 is 10.0 Å². The first-order chi connectivity index (χ1) is 17.0. The molecule has 7 nitrogen and oxygen atoms in total. The molecule has 0 unspecified atom stereocenters. The highest BCUT2D eigenvalue weighted by molar-refractivity contribution is 7.89. The van der Waals surface area contributed by atoms with Gasteiger partial charge in [0.15, 0.2) is 0 Å². The number of benzene rings is 2. The first-order valence-electron chi connectivity index (χ1n) is 12.2. The molecule has 1 fully saturated rings. The van der Waals surface area contributed by atoms with Crippen LogP contribution in [0, 0.1) is 0 Å². The van der Waals surface area contributed by atoms with E-state index in [0.717, 1.165) is 55.9 Å². The van der Waals surface area contributed by atoms with Crippen LogP contribution in [0.3, 0.4) is 0 Å². The minimum Gasteiger partial charge on any atom is -0.378 e. The fourth-order valence-electron chi connectivity index (χ4n) is 4.57. The molecule has 1 heterocycles. The number of rotatable bonds is 9. The second-order valence-corrected chi connectivity index (χ2v) is 10.2. The Morgan fingerprint density at radius 2 is 1.69 bits per heavy atom. The molecular formula is C27H34N4O3S. The zero-order chi connectivity index (χ0) is 24.7. The van der Waals surface area contributed by atoms with Crippen LogP contribution >= 0.6 is 0 Å². The molecule has 1 N–H and O–H groups in total. The Morgan fingerprint density at radius 3 is 2.34 bits per heavy atom. The van der Waals surface area contributed by atoms with Crippen LogP contribution in [-0.4, -0.2) is 58.9 Å². The van der Waals surface area contributed by atoms with Crippen molar-refractivity contribution < 1.29 is 13.2 Å². The molecular weight excluding hydrogens is 460 g/mol. The predicted molar refractivity (Wildman–Crippen MR) is 142 cm³/mol. The molecule has 8 heteroatoms. The van der Waals surface area contributed by atoms with E-state index >= 15 is 0 Å². The van der Waals surface area contributed by atoms with Crippen LogP contribution in [-0.2, 0) is 14.8 Å². The summed E-state index contributed by atoms with van der Waals surface area (Å²) in [5, 5.41) is 4.13. The van der Waals surface area contributed by atoms with E-state index in [0.29, 0.717) is 13.2 Å². The molecule has 0 aromatic heterocycles. The highest BCUT2D eigenvalue weighted by atomic mass is 32.2. The van der Waals surface area contributed by atoms with Gasteiger partial charge in [-0.05, 0) is 73.7 Å². The number of hydrogen-bond donors (Lipinski definition) is 1. The Balaban J connectivity index is 1.58. The molecule has 0 spiro atoms. The molecule has 4 rings (SSSR count). The summed E-state index contributed by atoms with van der Waals surface area (Å²) in [6, 6.07) is 17.0. The van der Waals surface area contributed by atoms with E-state index in [-0.39, 0.29) is 4.90 Å². The van der Waals surface area contributed by atoms with Gasteiger partial charge >= 0.3 is 0 Å². The maximum Gasteiger partial charge on any atom is 0.276 e. The standard InChI is InChI=1S/C27H34N4O3S/c1-3-30(4-2)25-14-10-22(11-15-25)20-23-12-13-24(27(23)31-16-18-34-19-17-31)21-28-29-35(32,33)26-8-6-5-7-9-26/h5-11,14-15,20-21,29H,3-4,12-13,16-19H2,1-2H3/b23-20+,28-21-. The third kappa shape index (κ3) is 6.13. The second kappa shape index (κ2) is 11.6. The summed E-state index contributed by atoms with van der Waals surface area (Å²) in [7, 11) is -3.69. The SMILES string of the molecule is CCN(CC)c1ccc(/C=C2\CCC(/C=N\NS(=O)(=O)c3ccccc3)=C2N2CCOCC2)cc1. The molecule has 2 aliphatic rings. The van der Waals surface area contributed by atoms with Gasteiger partial charge in [-0.25, -0.2) is 4.83 Å². The quantitative estimate of drug-likeness (QED) is 0.417. The van der Waals surface area contributed by atoms with Gasteiger partial charge < -0.3 is 14.5 Å². The number of nitrogens with one attached hydrogen (secondary N) is 1. The van der Waals surface area contributed by atoms with Crippen LogP contribution < -0.4 is 9.73 Å². The maximum atomic E-state index is 12.5. The lowest BCUT2D eigenvalue weighted by atomic mass is 10.1. The number of allylic oxidation sites excluding steroid dienone is 2. The van der Waals surface area contributed by atoms with Crippen molar-refractivity contribution in [3.63, 3.8) is 0 Å². The van der Waals surface area contributed by atoms with E-state index in [1.165, 1.54) is 11.3 Å². The third-order valence-electron chi connectivity index (χ3n) is 6.41. The van der Waals surface area contributed by atoms with Crippen LogP contribution in [0.4, 0.5) is 5.69 Å². The number of ether oxygens (including phenoxy) is 1. The summed E-state index contributed by atoms with van der Waals surface area (Å²) in [6.07, 6.45) is 5.60. The predicted octanol–water partition coefficient (Wildman–Crippen LogP) is 4.26. The van der Waals surface area contributed by atoms with E-state index in [1.807, 2.05) is 0 Å². The highest BCUT2D eigenvalue weighted by Gasteiger charge is 2.25.